The van der Waals surface area contributed by atoms with Crippen LogP contribution in [0.2, 0.25) is 0 Å². The molecule has 138 valence electrons. The molecular formula is C14H18N2O7S2. The second-order valence-corrected chi connectivity index (χ2v) is 9.79. The Balaban J connectivity index is 1.59. The van der Waals surface area contributed by atoms with Gasteiger partial charge >= 0.3 is 0 Å². The number of benzene rings is 1. The summed E-state index contributed by atoms with van der Waals surface area (Å²) in [4.78, 5) is 11.8. The van der Waals surface area contributed by atoms with Crippen LogP contribution in [0.1, 0.15) is 6.42 Å². The molecule has 2 N–H and O–H groups in total. The minimum Gasteiger partial charge on any atom is -0.486 e. The number of carbonyl (C=O) groups excluding carboxylic acids is 1. The zero-order chi connectivity index (χ0) is 18.1. The van der Waals surface area contributed by atoms with E-state index in [9.17, 15) is 21.6 Å². The second kappa shape index (κ2) is 6.81. The highest BCUT2D eigenvalue weighted by Crippen LogP contribution is 2.32. The lowest BCUT2D eigenvalue weighted by atomic mass is 10.2. The second-order valence-electron chi connectivity index (χ2n) is 5.80. The summed E-state index contributed by atoms with van der Waals surface area (Å²) in [5.74, 6) is 0.123. The first-order chi connectivity index (χ1) is 11.8. The Morgan fingerprint density at radius 1 is 1.20 bits per heavy atom. The van der Waals surface area contributed by atoms with Crippen LogP contribution in [0.15, 0.2) is 23.1 Å². The summed E-state index contributed by atoms with van der Waals surface area (Å²) in [6.07, 6.45) is 0.336. The highest BCUT2D eigenvalue weighted by Gasteiger charge is 2.29. The Morgan fingerprint density at radius 3 is 2.60 bits per heavy atom. The molecule has 1 aromatic rings. The van der Waals surface area contributed by atoms with Crippen molar-refractivity contribution in [1.29, 1.82) is 0 Å². The molecule has 0 saturated carbocycles. The lowest BCUT2D eigenvalue weighted by Crippen LogP contribution is -2.42. The number of rotatable bonds is 5. The number of ether oxygens (including phenoxy) is 2. The highest BCUT2D eigenvalue weighted by molar-refractivity contribution is 7.91. The van der Waals surface area contributed by atoms with Crippen molar-refractivity contribution in [2.24, 2.45) is 0 Å². The van der Waals surface area contributed by atoms with Gasteiger partial charge in [-0.05, 0) is 18.6 Å². The maximum Gasteiger partial charge on any atom is 0.241 e. The Bertz CT molecular complexity index is 880. The van der Waals surface area contributed by atoms with Crippen molar-refractivity contribution in [1.82, 2.24) is 10.0 Å². The van der Waals surface area contributed by atoms with E-state index in [1.165, 1.54) is 18.2 Å². The van der Waals surface area contributed by atoms with E-state index in [-0.39, 0.29) is 16.4 Å². The molecule has 9 nitrogen and oxygen atoms in total. The molecule has 25 heavy (non-hydrogen) atoms. The Labute approximate surface area is 145 Å². The number of sulfonamides is 1. The topological polar surface area (TPSA) is 128 Å². The van der Waals surface area contributed by atoms with Crippen LogP contribution < -0.4 is 19.5 Å². The van der Waals surface area contributed by atoms with Crippen molar-refractivity contribution < 1.29 is 31.1 Å². The average molecular weight is 390 g/mol. The van der Waals surface area contributed by atoms with Gasteiger partial charge in [-0.25, -0.2) is 21.6 Å². The number of amides is 1. The molecule has 2 aliphatic rings. The molecule has 0 spiro atoms. The third kappa shape index (κ3) is 4.41. The maximum atomic E-state index is 12.3. The molecule has 1 atom stereocenters. The van der Waals surface area contributed by atoms with Crippen LogP contribution in [0.4, 0.5) is 0 Å². The molecule has 0 radical (unpaired) electrons. The lowest BCUT2D eigenvalue weighted by molar-refractivity contribution is -0.120. The Kier molecular flexibility index (Phi) is 4.89. The number of nitrogens with one attached hydrogen (secondary N) is 2. The van der Waals surface area contributed by atoms with Gasteiger partial charge in [0.05, 0.1) is 22.9 Å². The number of sulfone groups is 1. The first-order valence-corrected chi connectivity index (χ1v) is 10.9. The number of hydrogen-bond donors (Lipinski definition) is 2. The predicted octanol–water partition coefficient (Wildman–Crippen LogP) is -0.961. The monoisotopic (exact) mass is 390 g/mol. The fourth-order valence-corrected chi connectivity index (χ4v) is 5.29. The lowest BCUT2D eigenvalue weighted by Gasteiger charge is -2.19. The summed E-state index contributed by atoms with van der Waals surface area (Å²) in [6.45, 7) is 0.248. The first kappa shape index (κ1) is 18.0. The molecule has 0 aliphatic carbocycles. The summed E-state index contributed by atoms with van der Waals surface area (Å²) in [5, 5.41) is 2.52. The van der Waals surface area contributed by atoms with E-state index in [1.54, 1.807) is 0 Å². The first-order valence-electron chi connectivity index (χ1n) is 7.64. The summed E-state index contributed by atoms with van der Waals surface area (Å²) in [5.41, 5.74) is 0. The van der Waals surface area contributed by atoms with E-state index in [0.29, 0.717) is 31.1 Å². The number of carbonyl (C=O) groups is 1. The van der Waals surface area contributed by atoms with Crippen molar-refractivity contribution in [3.8, 4) is 11.5 Å². The fraction of sp³-hybridized carbons (Fsp3) is 0.500. The van der Waals surface area contributed by atoms with Gasteiger partial charge in [0.2, 0.25) is 15.9 Å². The molecule has 1 aromatic carbocycles. The minimum atomic E-state index is -3.91. The van der Waals surface area contributed by atoms with Crippen LogP contribution >= 0.6 is 0 Å². The van der Waals surface area contributed by atoms with Crippen LogP contribution in [0.5, 0.6) is 11.5 Å². The molecule has 2 aliphatic heterocycles. The van der Waals surface area contributed by atoms with Gasteiger partial charge in [-0.1, -0.05) is 0 Å². The van der Waals surface area contributed by atoms with Crippen molar-refractivity contribution in [3.63, 3.8) is 0 Å². The van der Waals surface area contributed by atoms with Gasteiger partial charge in [0, 0.05) is 12.1 Å². The van der Waals surface area contributed by atoms with Crippen LogP contribution in [0.25, 0.3) is 0 Å². The summed E-state index contributed by atoms with van der Waals surface area (Å²) in [6, 6.07) is 3.71. The average Bonchev–Trinajstić information content (AvgIpc) is 2.91. The standard InChI is InChI=1S/C14H18N2O7S2/c17-14(16-10-3-6-24(18,19)9-10)8-15-25(20,21)11-1-2-12-13(7-11)23-5-4-22-12/h1-2,7,10,15H,3-6,8-9H2,(H,16,17). The number of fused-ring (bicyclic) bond motifs is 1. The SMILES string of the molecule is O=C(CNS(=O)(=O)c1ccc2c(c1)OCCO2)NC1CCS(=O)(=O)C1. The molecule has 2 heterocycles. The van der Waals surface area contributed by atoms with E-state index in [0.717, 1.165) is 0 Å². The van der Waals surface area contributed by atoms with Gasteiger partial charge in [-0.3, -0.25) is 4.79 Å². The maximum absolute atomic E-state index is 12.3. The summed E-state index contributed by atoms with van der Waals surface area (Å²) in [7, 11) is -7.03. The normalized spacial score (nSPS) is 21.7. The van der Waals surface area contributed by atoms with Gasteiger partial charge in [-0.15, -0.1) is 0 Å². The zero-order valence-electron chi connectivity index (χ0n) is 13.2. The summed E-state index contributed by atoms with van der Waals surface area (Å²) >= 11 is 0. The van der Waals surface area contributed by atoms with E-state index in [2.05, 4.69) is 10.0 Å². The fourth-order valence-electron chi connectivity index (χ4n) is 2.62. The molecule has 1 amide bonds. The molecule has 3 rings (SSSR count). The van der Waals surface area contributed by atoms with Gasteiger partial charge in [0.25, 0.3) is 0 Å². The van der Waals surface area contributed by atoms with Crippen molar-refractivity contribution in [2.75, 3.05) is 31.3 Å². The molecule has 11 heteroatoms. The van der Waals surface area contributed by atoms with Gasteiger partial charge in [-0.2, -0.15) is 0 Å². The highest BCUT2D eigenvalue weighted by atomic mass is 32.2. The number of hydrogen-bond acceptors (Lipinski definition) is 7. The van der Waals surface area contributed by atoms with E-state index < -0.39 is 38.4 Å². The van der Waals surface area contributed by atoms with Crippen molar-refractivity contribution in [3.05, 3.63) is 18.2 Å². The Morgan fingerprint density at radius 2 is 1.92 bits per heavy atom. The molecule has 1 saturated heterocycles. The third-order valence-electron chi connectivity index (χ3n) is 3.84. The van der Waals surface area contributed by atoms with E-state index in [4.69, 9.17) is 9.47 Å². The minimum absolute atomic E-state index is 0.0286. The van der Waals surface area contributed by atoms with Gasteiger partial charge in [0.15, 0.2) is 21.3 Å². The van der Waals surface area contributed by atoms with E-state index >= 15 is 0 Å². The summed E-state index contributed by atoms with van der Waals surface area (Å²) < 4.78 is 60.1. The molecule has 0 aromatic heterocycles. The Hall–Kier alpha value is -1.85. The van der Waals surface area contributed by atoms with Crippen LogP contribution in [0, 0.1) is 0 Å². The van der Waals surface area contributed by atoms with Crippen LogP contribution in [0.3, 0.4) is 0 Å². The van der Waals surface area contributed by atoms with Gasteiger partial charge in [0.1, 0.15) is 13.2 Å². The van der Waals surface area contributed by atoms with Crippen molar-refractivity contribution in [2.45, 2.75) is 17.4 Å². The molecular weight excluding hydrogens is 372 g/mol. The quantitative estimate of drug-likeness (QED) is 0.663. The third-order valence-corrected chi connectivity index (χ3v) is 7.01. The van der Waals surface area contributed by atoms with Crippen molar-refractivity contribution >= 4 is 25.8 Å². The van der Waals surface area contributed by atoms with Crippen LogP contribution in [-0.4, -0.2) is 60.0 Å². The molecule has 1 unspecified atom stereocenters. The zero-order valence-corrected chi connectivity index (χ0v) is 14.9. The van der Waals surface area contributed by atoms with Gasteiger partial charge < -0.3 is 14.8 Å². The molecule has 0 bridgehead atoms. The van der Waals surface area contributed by atoms with Crippen LogP contribution in [-0.2, 0) is 24.7 Å². The largest absolute Gasteiger partial charge is 0.486 e. The predicted molar refractivity (Wildman–Crippen MR) is 87.8 cm³/mol. The smallest absolute Gasteiger partial charge is 0.241 e. The molecule has 1 fully saturated rings. The van der Waals surface area contributed by atoms with E-state index in [1.807, 2.05) is 0 Å².